The van der Waals surface area contributed by atoms with Gasteiger partial charge in [-0.05, 0) is 12.1 Å². The fraction of sp³-hybridized carbons (Fsp3) is 0.364. The van der Waals surface area contributed by atoms with Crippen molar-refractivity contribution in [2.24, 2.45) is 0 Å². The SMILES string of the molecule is Nc1ccc2c(c1)OCC(=O)N2COCC(F)(F)F. The molecule has 0 aliphatic carbocycles. The van der Waals surface area contributed by atoms with E-state index in [1.54, 1.807) is 0 Å². The molecule has 0 saturated carbocycles. The molecule has 2 rings (SSSR count). The highest BCUT2D eigenvalue weighted by molar-refractivity contribution is 5.97. The van der Waals surface area contributed by atoms with Crippen molar-refractivity contribution >= 4 is 17.3 Å². The van der Waals surface area contributed by atoms with E-state index in [1.165, 1.54) is 18.2 Å². The lowest BCUT2D eigenvalue weighted by Gasteiger charge is -2.29. The number of halogens is 3. The molecule has 0 radical (unpaired) electrons. The molecular formula is C11H11F3N2O3. The average Bonchev–Trinajstić information content (AvgIpc) is 2.30. The van der Waals surface area contributed by atoms with Gasteiger partial charge in [0.15, 0.2) is 6.61 Å². The summed E-state index contributed by atoms with van der Waals surface area (Å²) < 4.78 is 45.6. The van der Waals surface area contributed by atoms with Gasteiger partial charge in [-0.1, -0.05) is 0 Å². The van der Waals surface area contributed by atoms with Crippen LogP contribution in [0.3, 0.4) is 0 Å². The highest BCUT2D eigenvalue weighted by Gasteiger charge is 2.30. The summed E-state index contributed by atoms with van der Waals surface area (Å²) in [6.07, 6.45) is -4.43. The van der Waals surface area contributed by atoms with Crippen molar-refractivity contribution in [2.45, 2.75) is 6.18 Å². The predicted molar refractivity (Wildman–Crippen MR) is 60.7 cm³/mol. The first kappa shape index (κ1) is 13.5. The Morgan fingerprint density at radius 3 is 2.84 bits per heavy atom. The number of hydrogen-bond acceptors (Lipinski definition) is 4. The lowest BCUT2D eigenvalue weighted by molar-refractivity contribution is -0.174. The number of ether oxygens (including phenoxy) is 2. The van der Waals surface area contributed by atoms with Gasteiger partial charge in [0.05, 0.1) is 5.69 Å². The minimum atomic E-state index is -4.43. The standard InChI is InChI=1S/C11H11F3N2O3/c12-11(13,14)5-18-6-16-8-2-1-7(15)3-9(8)19-4-10(16)17/h1-3H,4-6,15H2. The van der Waals surface area contributed by atoms with E-state index in [-0.39, 0.29) is 6.61 Å². The van der Waals surface area contributed by atoms with Crippen molar-refractivity contribution in [3.63, 3.8) is 0 Å². The second-order valence-electron chi connectivity index (χ2n) is 3.93. The maximum absolute atomic E-state index is 12.0. The largest absolute Gasteiger partial charge is 0.481 e. The lowest BCUT2D eigenvalue weighted by Crippen LogP contribution is -2.41. The predicted octanol–water partition coefficient (Wildman–Crippen LogP) is 1.53. The molecule has 0 spiro atoms. The number of hydrogen-bond donors (Lipinski definition) is 1. The molecule has 0 bridgehead atoms. The van der Waals surface area contributed by atoms with Crippen LogP contribution in [0.1, 0.15) is 0 Å². The van der Waals surface area contributed by atoms with Crippen LogP contribution in [-0.2, 0) is 9.53 Å². The molecule has 0 saturated heterocycles. The van der Waals surface area contributed by atoms with Crippen molar-refractivity contribution in [3.8, 4) is 5.75 Å². The molecule has 0 unspecified atom stereocenters. The Balaban J connectivity index is 2.10. The van der Waals surface area contributed by atoms with Crippen LogP contribution in [0.15, 0.2) is 18.2 Å². The number of amides is 1. The van der Waals surface area contributed by atoms with E-state index in [1.807, 2.05) is 0 Å². The molecule has 5 nitrogen and oxygen atoms in total. The number of nitrogens with two attached hydrogens (primary N) is 1. The van der Waals surface area contributed by atoms with E-state index in [0.717, 1.165) is 4.90 Å². The second kappa shape index (κ2) is 4.96. The van der Waals surface area contributed by atoms with Crippen LogP contribution >= 0.6 is 0 Å². The van der Waals surface area contributed by atoms with Gasteiger partial charge < -0.3 is 15.2 Å². The molecule has 1 aliphatic rings. The third-order valence-corrected chi connectivity index (χ3v) is 2.41. The minimum absolute atomic E-state index is 0.258. The molecule has 0 fully saturated rings. The highest BCUT2D eigenvalue weighted by atomic mass is 19.4. The van der Waals surface area contributed by atoms with E-state index < -0.39 is 25.4 Å². The number of nitrogen functional groups attached to an aromatic ring is 1. The maximum Gasteiger partial charge on any atom is 0.411 e. The Morgan fingerprint density at radius 2 is 2.16 bits per heavy atom. The molecule has 1 heterocycles. The maximum atomic E-state index is 12.0. The summed E-state index contributed by atoms with van der Waals surface area (Å²) in [5.74, 6) is -0.130. The monoisotopic (exact) mass is 276 g/mol. The zero-order chi connectivity index (χ0) is 14.0. The molecular weight excluding hydrogens is 265 g/mol. The van der Waals surface area contributed by atoms with E-state index in [9.17, 15) is 18.0 Å². The number of carbonyl (C=O) groups is 1. The van der Waals surface area contributed by atoms with E-state index in [0.29, 0.717) is 17.1 Å². The van der Waals surface area contributed by atoms with Gasteiger partial charge in [-0.25, -0.2) is 0 Å². The fourth-order valence-electron chi connectivity index (χ4n) is 1.62. The fourth-order valence-corrected chi connectivity index (χ4v) is 1.62. The number of alkyl halides is 3. The number of fused-ring (bicyclic) bond motifs is 1. The summed E-state index contributed by atoms with van der Waals surface area (Å²) in [7, 11) is 0. The zero-order valence-corrected chi connectivity index (χ0v) is 9.74. The van der Waals surface area contributed by atoms with Crippen LogP contribution in [0.25, 0.3) is 0 Å². The minimum Gasteiger partial charge on any atom is -0.481 e. The lowest BCUT2D eigenvalue weighted by atomic mass is 10.2. The summed E-state index contributed by atoms with van der Waals surface area (Å²) in [6, 6.07) is 4.52. The van der Waals surface area contributed by atoms with Gasteiger partial charge >= 0.3 is 6.18 Å². The van der Waals surface area contributed by atoms with Crippen LogP contribution in [0.4, 0.5) is 24.5 Å². The van der Waals surface area contributed by atoms with Crippen molar-refractivity contribution in [1.82, 2.24) is 0 Å². The summed E-state index contributed by atoms with van der Waals surface area (Å²) in [6.45, 7) is -2.16. The van der Waals surface area contributed by atoms with Crippen LogP contribution < -0.4 is 15.4 Å². The van der Waals surface area contributed by atoms with Gasteiger partial charge in [-0.2, -0.15) is 13.2 Å². The second-order valence-corrected chi connectivity index (χ2v) is 3.93. The van der Waals surface area contributed by atoms with Gasteiger partial charge in [0.25, 0.3) is 5.91 Å². The molecule has 8 heteroatoms. The van der Waals surface area contributed by atoms with E-state index >= 15 is 0 Å². The van der Waals surface area contributed by atoms with Gasteiger partial charge in [0.2, 0.25) is 0 Å². The van der Waals surface area contributed by atoms with Crippen LogP contribution in [0.2, 0.25) is 0 Å². The molecule has 104 valence electrons. The summed E-state index contributed by atoms with van der Waals surface area (Å²) in [4.78, 5) is 12.7. The molecule has 19 heavy (non-hydrogen) atoms. The van der Waals surface area contributed by atoms with Gasteiger partial charge in [-0.3, -0.25) is 9.69 Å². The number of rotatable bonds is 3. The van der Waals surface area contributed by atoms with Crippen molar-refractivity contribution in [3.05, 3.63) is 18.2 Å². The molecule has 1 aromatic rings. The van der Waals surface area contributed by atoms with Crippen molar-refractivity contribution < 1.29 is 27.4 Å². The van der Waals surface area contributed by atoms with Gasteiger partial charge in [0.1, 0.15) is 19.1 Å². The van der Waals surface area contributed by atoms with Gasteiger partial charge in [0, 0.05) is 11.8 Å². The number of anilines is 2. The topological polar surface area (TPSA) is 64.8 Å². The Morgan fingerprint density at radius 1 is 1.42 bits per heavy atom. The smallest absolute Gasteiger partial charge is 0.411 e. The Bertz CT molecular complexity index is 491. The first-order chi connectivity index (χ1) is 8.87. The number of nitrogens with zero attached hydrogens (tertiary/aromatic N) is 1. The summed E-state index contributed by atoms with van der Waals surface area (Å²) >= 11 is 0. The molecule has 2 N–H and O–H groups in total. The van der Waals surface area contributed by atoms with Crippen LogP contribution in [-0.4, -0.2) is 32.0 Å². The van der Waals surface area contributed by atoms with Gasteiger partial charge in [-0.15, -0.1) is 0 Å². The summed E-state index contributed by atoms with van der Waals surface area (Å²) in [5, 5.41) is 0. The third kappa shape index (κ3) is 3.28. The van der Waals surface area contributed by atoms with Crippen LogP contribution in [0, 0.1) is 0 Å². The van der Waals surface area contributed by atoms with Crippen LogP contribution in [0.5, 0.6) is 5.75 Å². The first-order valence-electron chi connectivity index (χ1n) is 5.34. The normalized spacial score (nSPS) is 15.1. The van der Waals surface area contributed by atoms with Crippen molar-refractivity contribution in [2.75, 3.05) is 30.6 Å². The number of carbonyl (C=O) groups excluding carboxylic acids is 1. The summed E-state index contributed by atoms with van der Waals surface area (Å²) in [5.41, 5.74) is 6.33. The zero-order valence-electron chi connectivity index (χ0n) is 9.74. The molecule has 1 aliphatic heterocycles. The molecule has 1 aromatic carbocycles. The Kier molecular flexibility index (Phi) is 3.52. The molecule has 1 amide bonds. The quantitative estimate of drug-likeness (QED) is 0.850. The highest BCUT2D eigenvalue weighted by Crippen LogP contribution is 2.33. The van der Waals surface area contributed by atoms with E-state index in [2.05, 4.69) is 4.74 Å². The van der Waals surface area contributed by atoms with Crippen molar-refractivity contribution in [1.29, 1.82) is 0 Å². The number of benzene rings is 1. The average molecular weight is 276 g/mol. The molecule has 0 atom stereocenters. The van der Waals surface area contributed by atoms with E-state index in [4.69, 9.17) is 10.5 Å². The third-order valence-electron chi connectivity index (χ3n) is 2.41. The Labute approximate surface area is 106 Å². The Hall–Kier alpha value is -1.96. The first-order valence-corrected chi connectivity index (χ1v) is 5.34. The molecule has 0 aromatic heterocycles.